The number of unbranched alkanes of at least 4 members (excludes halogenated alkanes) is 1. The zero-order valence-electron chi connectivity index (χ0n) is 14.4. The van der Waals surface area contributed by atoms with Crippen molar-refractivity contribution in [1.29, 1.82) is 0 Å². The summed E-state index contributed by atoms with van der Waals surface area (Å²) in [5.74, 6) is 0.925. The molecular weight excluding hydrogens is 451 g/mol. The summed E-state index contributed by atoms with van der Waals surface area (Å²) in [4.78, 5) is 10.6. The predicted octanol–water partition coefficient (Wildman–Crippen LogP) is 4.25. The molecule has 2 rings (SSSR count). The first-order chi connectivity index (χ1) is 11.3. The normalized spacial score (nSPS) is 11.2. The lowest BCUT2D eigenvalue weighted by atomic mass is 10.2. The third-order valence-electron chi connectivity index (χ3n) is 3.32. The summed E-state index contributed by atoms with van der Waals surface area (Å²) in [7, 11) is 0. The molecule has 0 saturated heterocycles. The number of aliphatic imine (C=N–C) groups is 1. The average molecular weight is 478 g/mol. The van der Waals surface area contributed by atoms with Gasteiger partial charge in [-0.05, 0) is 51.0 Å². The van der Waals surface area contributed by atoms with Crippen LogP contribution in [-0.4, -0.2) is 30.6 Å². The Labute approximate surface area is 170 Å². The first-order valence-electron chi connectivity index (χ1n) is 8.23. The number of thiazole rings is 1. The topological polar surface area (TPSA) is 49.3 Å². The summed E-state index contributed by atoms with van der Waals surface area (Å²) in [5.41, 5.74) is 1.13. The minimum absolute atomic E-state index is 0. The fraction of sp³-hybridized carbons (Fsp3) is 0.529. The molecule has 0 fully saturated rings. The number of rotatable bonds is 9. The largest absolute Gasteiger partial charge is 0.357 e. The van der Waals surface area contributed by atoms with Gasteiger partial charge in [0.1, 0.15) is 0 Å². The van der Waals surface area contributed by atoms with E-state index in [-0.39, 0.29) is 24.0 Å². The van der Waals surface area contributed by atoms with Crippen molar-refractivity contribution in [2.24, 2.45) is 4.99 Å². The molecule has 2 aromatic rings. The van der Waals surface area contributed by atoms with Gasteiger partial charge in [0.05, 0.1) is 5.01 Å². The van der Waals surface area contributed by atoms with E-state index in [0.717, 1.165) is 57.0 Å². The van der Waals surface area contributed by atoms with Gasteiger partial charge in [-0.15, -0.1) is 46.7 Å². The number of hydrogen-bond donors (Lipinski definition) is 2. The summed E-state index contributed by atoms with van der Waals surface area (Å²) >= 11 is 3.57. The number of guanidine groups is 1. The average Bonchev–Trinajstić information content (AvgIpc) is 3.18. The Morgan fingerprint density at radius 1 is 1.21 bits per heavy atom. The Hall–Kier alpha value is -0.670. The number of halogens is 1. The molecule has 2 heterocycles. The molecule has 0 aliphatic carbocycles. The Morgan fingerprint density at radius 2 is 2.08 bits per heavy atom. The first kappa shape index (κ1) is 21.4. The minimum atomic E-state index is 0. The summed E-state index contributed by atoms with van der Waals surface area (Å²) in [5, 5.41) is 12.2. The second-order valence-corrected chi connectivity index (χ2v) is 7.33. The highest BCUT2D eigenvalue weighted by Crippen LogP contribution is 2.11. The van der Waals surface area contributed by atoms with Gasteiger partial charge in [-0.1, -0.05) is 6.07 Å². The maximum absolute atomic E-state index is 4.65. The van der Waals surface area contributed by atoms with Gasteiger partial charge in [0.25, 0.3) is 0 Å². The van der Waals surface area contributed by atoms with Gasteiger partial charge in [-0.2, -0.15) is 0 Å². The number of nitrogens with one attached hydrogen (secondary N) is 2. The van der Waals surface area contributed by atoms with E-state index < -0.39 is 0 Å². The Bertz CT molecular complexity index is 581. The minimum Gasteiger partial charge on any atom is -0.357 e. The van der Waals surface area contributed by atoms with Crippen molar-refractivity contribution in [3.8, 4) is 0 Å². The van der Waals surface area contributed by atoms with Crippen LogP contribution in [0.4, 0.5) is 0 Å². The molecule has 0 bridgehead atoms. The van der Waals surface area contributed by atoms with Crippen LogP contribution in [0.1, 0.15) is 35.3 Å². The van der Waals surface area contributed by atoms with Crippen LogP contribution in [0.15, 0.2) is 27.9 Å². The molecule has 0 saturated carbocycles. The van der Waals surface area contributed by atoms with Gasteiger partial charge in [0.15, 0.2) is 5.96 Å². The molecule has 7 heteroatoms. The third kappa shape index (κ3) is 8.43. The van der Waals surface area contributed by atoms with E-state index in [2.05, 4.69) is 57.4 Å². The molecule has 134 valence electrons. The van der Waals surface area contributed by atoms with Crippen LogP contribution in [0, 0.1) is 6.92 Å². The zero-order chi connectivity index (χ0) is 16.3. The number of thiophene rings is 1. The second kappa shape index (κ2) is 12.7. The smallest absolute Gasteiger partial charge is 0.191 e. The van der Waals surface area contributed by atoms with Crippen LogP contribution in [0.5, 0.6) is 0 Å². The van der Waals surface area contributed by atoms with E-state index in [1.165, 1.54) is 9.88 Å². The SMILES string of the molecule is CCNC(=NCCCCc1nc(C)cs1)NCCc1cccs1.I. The number of hydrogen-bond acceptors (Lipinski definition) is 4. The van der Waals surface area contributed by atoms with Crippen molar-refractivity contribution >= 4 is 52.6 Å². The van der Waals surface area contributed by atoms with Crippen molar-refractivity contribution in [3.05, 3.63) is 38.5 Å². The Kier molecular flexibility index (Phi) is 11.3. The van der Waals surface area contributed by atoms with Crippen LogP contribution in [0.3, 0.4) is 0 Å². The van der Waals surface area contributed by atoms with Crippen molar-refractivity contribution in [1.82, 2.24) is 15.6 Å². The molecule has 4 nitrogen and oxygen atoms in total. The molecule has 0 aliphatic rings. The van der Waals surface area contributed by atoms with Gasteiger partial charge in [0.2, 0.25) is 0 Å². The van der Waals surface area contributed by atoms with Crippen LogP contribution in [0.2, 0.25) is 0 Å². The maximum atomic E-state index is 4.65. The highest BCUT2D eigenvalue weighted by molar-refractivity contribution is 14.0. The molecule has 0 unspecified atom stereocenters. The van der Waals surface area contributed by atoms with Gasteiger partial charge in [-0.25, -0.2) is 4.98 Å². The molecule has 0 aromatic carbocycles. The maximum Gasteiger partial charge on any atom is 0.191 e. The van der Waals surface area contributed by atoms with Crippen molar-refractivity contribution in [3.63, 3.8) is 0 Å². The zero-order valence-corrected chi connectivity index (χ0v) is 18.3. The molecular formula is C17H27IN4S2. The molecule has 0 radical (unpaired) electrons. The second-order valence-electron chi connectivity index (χ2n) is 5.36. The van der Waals surface area contributed by atoms with E-state index in [9.17, 15) is 0 Å². The van der Waals surface area contributed by atoms with E-state index in [1.807, 2.05) is 0 Å². The number of aromatic nitrogens is 1. The quantitative estimate of drug-likeness (QED) is 0.245. The van der Waals surface area contributed by atoms with E-state index in [0.29, 0.717) is 0 Å². The van der Waals surface area contributed by atoms with Gasteiger partial charge in [-0.3, -0.25) is 4.99 Å². The summed E-state index contributed by atoms with van der Waals surface area (Å²) < 4.78 is 0. The lowest BCUT2D eigenvalue weighted by Crippen LogP contribution is -2.38. The molecule has 0 atom stereocenters. The molecule has 0 spiro atoms. The fourth-order valence-corrected chi connectivity index (χ4v) is 3.72. The Balaban J connectivity index is 0.00000288. The molecule has 0 aliphatic heterocycles. The summed E-state index contributed by atoms with van der Waals surface area (Å²) in [6.07, 6.45) is 4.35. The predicted molar refractivity (Wildman–Crippen MR) is 117 cm³/mol. The lowest BCUT2D eigenvalue weighted by Gasteiger charge is -2.10. The van der Waals surface area contributed by atoms with Crippen molar-refractivity contribution in [2.45, 2.75) is 39.5 Å². The van der Waals surface area contributed by atoms with Crippen molar-refractivity contribution < 1.29 is 0 Å². The first-order valence-corrected chi connectivity index (χ1v) is 9.99. The van der Waals surface area contributed by atoms with Gasteiger partial charge < -0.3 is 10.6 Å². The molecule has 24 heavy (non-hydrogen) atoms. The lowest BCUT2D eigenvalue weighted by molar-refractivity contribution is 0.728. The van der Waals surface area contributed by atoms with E-state index in [4.69, 9.17) is 0 Å². The van der Waals surface area contributed by atoms with Crippen LogP contribution in [-0.2, 0) is 12.8 Å². The van der Waals surface area contributed by atoms with Crippen molar-refractivity contribution in [2.75, 3.05) is 19.6 Å². The monoisotopic (exact) mass is 478 g/mol. The standard InChI is InChI=1S/C17H26N4S2.HI/c1-3-18-17(20-11-9-15-7-6-12-22-15)19-10-5-4-8-16-21-14(2)13-23-16;/h6-7,12-13H,3-5,8-11H2,1-2H3,(H2,18,19,20);1H. The molecule has 2 aromatic heterocycles. The summed E-state index contributed by atoms with van der Waals surface area (Å²) in [6, 6.07) is 4.28. The van der Waals surface area contributed by atoms with Crippen LogP contribution < -0.4 is 10.6 Å². The third-order valence-corrected chi connectivity index (χ3v) is 5.29. The van der Waals surface area contributed by atoms with Gasteiger partial charge >= 0.3 is 0 Å². The van der Waals surface area contributed by atoms with Gasteiger partial charge in [0, 0.05) is 35.6 Å². The van der Waals surface area contributed by atoms with Crippen LogP contribution in [0.25, 0.3) is 0 Å². The Morgan fingerprint density at radius 3 is 2.75 bits per heavy atom. The molecule has 0 amide bonds. The highest BCUT2D eigenvalue weighted by atomic mass is 127. The fourth-order valence-electron chi connectivity index (χ4n) is 2.20. The number of aryl methyl sites for hydroxylation is 2. The summed E-state index contributed by atoms with van der Waals surface area (Å²) in [6.45, 7) is 6.82. The molecule has 2 N–H and O–H groups in total. The van der Waals surface area contributed by atoms with Crippen LogP contribution >= 0.6 is 46.7 Å². The van der Waals surface area contributed by atoms with E-state index in [1.54, 1.807) is 22.7 Å². The van der Waals surface area contributed by atoms with E-state index >= 15 is 0 Å². The number of nitrogens with zero attached hydrogens (tertiary/aromatic N) is 2. The highest BCUT2D eigenvalue weighted by Gasteiger charge is 2.00.